The number of anilines is 1. The first-order valence-electron chi connectivity index (χ1n) is 7.93. The van der Waals surface area contributed by atoms with Crippen molar-refractivity contribution >= 4 is 22.4 Å². The first-order chi connectivity index (χ1) is 11.6. The number of hydrogen-bond donors (Lipinski definition) is 1. The van der Waals surface area contributed by atoms with Crippen molar-refractivity contribution in [3.63, 3.8) is 0 Å². The second-order valence-corrected chi connectivity index (χ2v) is 7.04. The second-order valence-electron chi connectivity index (χ2n) is 5.92. The van der Waals surface area contributed by atoms with E-state index in [0.29, 0.717) is 16.9 Å². The molecule has 3 rings (SSSR count). The molecule has 24 heavy (non-hydrogen) atoms. The van der Waals surface area contributed by atoms with E-state index in [4.69, 9.17) is 4.74 Å². The average molecular weight is 347 g/mol. The van der Waals surface area contributed by atoms with E-state index in [0.717, 1.165) is 43.2 Å². The van der Waals surface area contributed by atoms with Gasteiger partial charge in [-0.25, -0.2) is 9.97 Å². The van der Waals surface area contributed by atoms with E-state index in [1.54, 1.807) is 19.4 Å². The number of methoxy groups -OCH3 is 1. The van der Waals surface area contributed by atoms with Crippen molar-refractivity contribution in [2.45, 2.75) is 26.3 Å². The molecule has 2 aromatic heterocycles. The molecule has 1 fully saturated rings. The SMILES string of the molecule is COc1ccnc(C[C@H]2CCN(Cc3cnc(NC(C)=O)s3)C2)n1. The first-order valence-corrected chi connectivity index (χ1v) is 8.74. The van der Waals surface area contributed by atoms with Gasteiger partial charge in [0.05, 0.1) is 7.11 Å². The largest absolute Gasteiger partial charge is 0.481 e. The molecule has 8 heteroatoms. The molecule has 128 valence electrons. The highest BCUT2D eigenvalue weighted by Gasteiger charge is 2.24. The molecule has 1 saturated heterocycles. The zero-order valence-corrected chi connectivity index (χ0v) is 14.7. The predicted octanol–water partition coefficient (Wildman–Crippen LogP) is 1.96. The van der Waals surface area contributed by atoms with E-state index in [1.807, 2.05) is 6.20 Å². The second kappa shape index (κ2) is 7.67. The third-order valence-corrected chi connectivity index (χ3v) is 4.84. The molecule has 2 aromatic rings. The minimum absolute atomic E-state index is 0.0876. The Balaban J connectivity index is 1.51. The molecule has 1 aliphatic heterocycles. The lowest BCUT2D eigenvalue weighted by atomic mass is 10.0. The lowest BCUT2D eigenvalue weighted by Gasteiger charge is -2.14. The van der Waals surface area contributed by atoms with Crippen LogP contribution in [0.2, 0.25) is 0 Å². The Bertz CT molecular complexity index is 705. The van der Waals surface area contributed by atoms with Crippen LogP contribution in [0.4, 0.5) is 5.13 Å². The summed E-state index contributed by atoms with van der Waals surface area (Å²) in [5.74, 6) is 1.92. The van der Waals surface area contributed by atoms with Gasteiger partial charge in [0.2, 0.25) is 11.8 Å². The summed E-state index contributed by atoms with van der Waals surface area (Å²) in [5.41, 5.74) is 0. The van der Waals surface area contributed by atoms with E-state index in [1.165, 1.54) is 18.3 Å². The molecule has 0 saturated carbocycles. The average Bonchev–Trinajstić information content (AvgIpc) is 3.17. The van der Waals surface area contributed by atoms with Crippen LogP contribution in [-0.2, 0) is 17.8 Å². The van der Waals surface area contributed by atoms with Gasteiger partial charge >= 0.3 is 0 Å². The van der Waals surface area contributed by atoms with E-state index in [9.17, 15) is 4.79 Å². The third kappa shape index (κ3) is 4.48. The fraction of sp³-hybridized carbons (Fsp3) is 0.500. The topological polar surface area (TPSA) is 80.2 Å². The fourth-order valence-electron chi connectivity index (χ4n) is 2.88. The van der Waals surface area contributed by atoms with Crippen LogP contribution in [0.25, 0.3) is 0 Å². The zero-order chi connectivity index (χ0) is 16.9. The number of ether oxygens (including phenoxy) is 1. The molecule has 1 N–H and O–H groups in total. The molecule has 0 aromatic carbocycles. The fourth-order valence-corrected chi connectivity index (χ4v) is 3.78. The van der Waals surface area contributed by atoms with E-state index in [2.05, 4.69) is 25.2 Å². The summed E-state index contributed by atoms with van der Waals surface area (Å²) in [6, 6.07) is 1.76. The molecule has 7 nitrogen and oxygen atoms in total. The number of amides is 1. The maximum absolute atomic E-state index is 11.1. The quantitative estimate of drug-likeness (QED) is 0.860. The van der Waals surface area contributed by atoms with Crippen molar-refractivity contribution in [3.8, 4) is 5.88 Å². The van der Waals surface area contributed by atoms with Crippen molar-refractivity contribution in [2.24, 2.45) is 5.92 Å². The van der Waals surface area contributed by atoms with Crippen molar-refractivity contribution in [3.05, 3.63) is 29.2 Å². The molecule has 0 radical (unpaired) electrons. The summed E-state index contributed by atoms with van der Waals surface area (Å²) in [6.07, 6.45) is 5.59. The Labute approximate surface area is 145 Å². The Morgan fingerprint density at radius 3 is 3.17 bits per heavy atom. The van der Waals surface area contributed by atoms with Crippen molar-refractivity contribution in [1.82, 2.24) is 19.9 Å². The molecule has 0 spiro atoms. The monoisotopic (exact) mass is 347 g/mol. The minimum Gasteiger partial charge on any atom is -0.481 e. The number of likely N-dealkylation sites (tertiary alicyclic amines) is 1. The van der Waals surface area contributed by atoms with Crippen LogP contribution < -0.4 is 10.1 Å². The van der Waals surface area contributed by atoms with E-state index < -0.39 is 0 Å². The van der Waals surface area contributed by atoms with Crippen molar-refractivity contribution in [1.29, 1.82) is 0 Å². The lowest BCUT2D eigenvalue weighted by Crippen LogP contribution is -2.20. The lowest BCUT2D eigenvalue weighted by molar-refractivity contribution is -0.114. The van der Waals surface area contributed by atoms with Crippen LogP contribution in [0.1, 0.15) is 24.0 Å². The Hall–Kier alpha value is -2.06. The Morgan fingerprint density at radius 1 is 1.50 bits per heavy atom. The molecular weight excluding hydrogens is 326 g/mol. The molecule has 0 bridgehead atoms. The van der Waals surface area contributed by atoms with Gasteiger partial charge in [0.1, 0.15) is 5.82 Å². The van der Waals surface area contributed by atoms with Gasteiger partial charge in [-0.2, -0.15) is 4.98 Å². The van der Waals surface area contributed by atoms with Gasteiger partial charge in [-0.05, 0) is 18.9 Å². The summed E-state index contributed by atoms with van der Waals surface area (Å²) in [4.78, 5) is 27.6. The number of carbonyl (C=O) groups excluding carboxylic acids is 1. The van der Waals surface area contributed by atoms with Crippen molar-refractivity contribution in [2.75, 3.05) is 25.5 Å². The van der Waals surface area contributed by atoms with Crippen LogP contribution in [0, 0.1) is 5.92 Å². The van der Waals surface area contributed by atoms with Crippen LogP contribution in [0.15, 0.2) is 18.5 Å². The third-order valence-electron chi connectivity index (χ3n) is 3.95. The standard InChI is InChI=1S/C16H21N5O2S/c1-11(22)19-16-18-8-13(24-16)10-21-6-4-12(9-21)7-14-17-5-3-15(20-14)23-2/h3,5,8,12H,4,6-7,9-10H2,1-2H3,(H,18,19,22)/t12-/m1/s1. The molecule has 0 unspecified atom stereocenters. The number of nitrogens with zero attached hydrogens (tertiary/aromatic N) is 4. The highest BCUT2D eigenvalue weighted by molar-refractivity contribution is 7.15. The maximum atomic E-state index is 11.1. The predicted molar refractivity (Wildman–Crippen MR) is 92.1 cm³/mol. The number of nitrogens with one attached hydrogen (secondary N) is 1. The molecule has 1 atom stereocenters. The molecule has 1 aliphatic rings. The summed E-state index contributed by atoms with van der Waals surface area (Å²) in [6.45, 7) is 4.44. The Kier molecular flexibility index (Phi) is 5.37. The highest BCUT2D eigenvalue weighted by atomic mass is 32.1. The van der Waals surface area contributed by atoms with Gasteiger partial charge < -0.3 is 10.1 Å². The van der Waals surface area contributed by atoms with Crippen LogP contribution in [0.3, 0.4) is 0 Å². The van der Waals surface area contributed by atoms with Gasteiger partial charge in [-0.15, -0.1) is 11.3 Å². The smallest absolute Gasteiger partial charge is 0.223 e. The maximum Gasteiger partial charge on any atom is 0.223 e. The number of aromatic nitrogens is 3. The van der Waals surface area contributed by atoms with Crippen LogP contribution in [-0.4, -0.2) is 46.0 Å². The van der Waals surface area contributed by atoms with Crippen molar-refractivity contribution < 1.29 is 9.53 Å². The van der Waals surface area contributed by atoms with E-state index in [-0.39, 0.29) is 5.91 Å². The van der Waals surface area contributed by atoms with Gasteiger partial charge in [0.25, 0.3) is 0 Å². The molecule has 3 heterocycles. The summed E-state index contributed by atoms with van der Waals surface area (Å²) < 4.78 is 5.15. The molecule has 0 aliphatic carbocycles. The number of hydrogen-bond acceptors (Lipinski definition) is 7. The summed E-state index contributed by atoms with van der Waals surface area (Å²) in [5, 5.41) is 3.39. The minimum atomic E-state index is -0.0876. The van der Waals surface area contributed by atoms with Crippen LogP contribution >= 0.6 is 11.3 Å². The molecular formula is C16H21N5O2S. The van der Waals surface area contributed by atoms with Gasteiger partial charge in [0.15, 0.2) is 5.13 Å². The Morgan fingerprint density at radius 2 is 2.38 bits per heavy atom. The summed E-state index contributed by atoms with van der Waals surface area (Å²) in [7, 11) is 1.62. The number of thiazole rings is 1. The highest BCUT2D eigenvalue weighted by Crippen LogP contribution is 2.25. The number of carbonyl (C=O) groups is 1. The van der Waals surface area contributed by atoms with Gasteiger partial charge in [-0.3, -0.25) is 9.69 Å². The normalized spacial score (nSPS) is 17.8. The van der Waals surface area contributed by atoms with Gasteiger partial charge in [0, 0.05) is 49.8 Å². The van der Waals surface area contributed by atoms with Gasteiger partial charge in [-0.1, -0.05) is 0 Å². The first kappa shape index (κ1) is 16.8. The van der Waals surface area contributed by atoms with Crippen LogP contribution in [0.5, 0.6) is 5.88 Å². The molecule has 1 amide bonds. The number of rotatable bonds is 6. The summed E-state index contributed by atoms with van der Waals surface area (Å²) >= 11 is 1.53. The zero-order valence-electron chi connectivity index (χ0n) is 13.9. The van der Waals surface area contributed by atoms with E-state index >= 15 is 0 Å².